The van der Waals surface area contributed by atoms with Crippen molar-refractivity contribution in [1.82, 2.24) is 5.32 Å². The Morgan fingerprint density at radius 3 is 2.70 bits per heavy atom. The van der Waals surface area contributed by atoms with Crippen molar-refractivity contribution < 1.29 is 9.59 Å². The van der Waals surface area contributed by atoms with E-state index in [0.29, 0.717) is 30.3 Å². The van der Waals surface area contributed by atoms with Gasteiger partial charge in [0.25, 0.3) is 5.91 Å². The van der Waals surface area contributed by atoms with E-state index in [4.69, 9.17) is 5.73 Å². The maximum Gasteiger partial charge on any atom is 0.253 e. The van der Waals surface area contributed by atoms with Gasteiger partial charge in [-0.3, -0.25) is 9.59 Å². The molecule has 1 atom stereocenters. The molecule has 20 heavy (non-hydrogen) atoms. The topological polar surface area (TPSA) is 84.2 Å². The number of nitrogens with two attached hydrogens (primary N) is 1. The number of carbonyl (C=O) groups excluding carboxylic acids is 2. The molecule has 4 N–H and O–H groups in total. The fourth-order valence-electron chi connectivity index (χ4n) is 2.13. The van der Waals surface area contributed by atoms with Crippen LogP contribution in [0.25, 0.3) is 0 Å². The summed E-state index contributed by atoms with van der Waals surface area (Å²) < 4.78 is 0. The molecule has 1 saturated carbocycles. The Labute approximate surface area is 118 Å². The van der Waals surface area contributed by atoms with Gasteiger partial charge < -0.3 is 16.4 Å². The van der Waals surface area contributed by atoms with Gasteiger partial charge in [-0.05, 0) is 30.9 Å². The fourth-order valence-corrected chi connectivity index (χ4v) is 2.13. The Kier molecular flexibility index (Phi) is 4.74. The fraction of sp³-hybridized carbons (Fsp3) is 0.467. The summed E-state index contributed by atoms with van der Waals surface area (Å²) >= 11 is 0. The quantitative estimate of drug-likeness (QED) is 0.733. The number of carbonyl (C=O) groups is 2. The summed E-state index contributed by atoms with van der Waals surface area (Å²) in [5.74, 6) is 0.250. The minimum Gasteiger partial charge on any atom is -0.351 e. The van der Waals surface area contributed by atoms with Gasteiger partial charge >= 0.3 is 0 Å². The molecule has 0 radical (unpaired) electrons. The SMILES string of the molecule is CC(C(=O)Nc1ccccc1C(=O)NCCN)C1CC1. The second kappa shape index (κ2) is 6.52. The van der Waals surface area contributed by atoms with Crippen molar-refractivity contribution >= 4 is 17.5 Å². The van der Waals surface area contributed by atoms with Crippen LogP contribution >= 0.6 is 0 Å². The highest BCUT2D eigenvalue weighted by Gasteiger charge is 2.32. The van der Waals surface area contributed by atoms with Crippen LogP contribution in [0.15, 0.2) is 24.3 Å². The van der Waals surface area contributed by atoms with Gasteiger partial charge in [0, 0.05) is 19.0 Å². The summed E-state index contributed by atoms with van der Waals surface area (Å²) in [6, 6.07) is 7.02. The summed E-state index contributed by atoms with van der Waals surface area (Å²) in [4.78, 5) is 24.1. The molecule has 1 fully saturated rings. The molecule has 5 heteroatoms. The van der Waals surface area contributed by atoms with E-state index in [2.05, 4.69) is 10.6 Å². The number of nitrogens with one attached hydrogen (secondary N) is 2. The van der Waals surface area contributed by atoms with Crippen LogP contribution in [-0.4, -0.2) is 24.9 Å². The summed E-state index contributed by atoms with van der Waals surface area (Å²) in [6.45, 7) is 2.74. The number of anilines is 1. The minimum atomic E-state index is -0.217. The van der Waals surface area contributed by atoms with Crippen LogP contribution in [0.2, 0.25) is 0 Å². The first kappa shape index (κ1) is 14.5. The third kappa shape index (κ3) is 3.57. The van der Waals surface area contributed by atoms with E-state index in [-0.39, 0.29) is 17.7 Å². The molecule has 0 heterocycles. The summed E-state index contributed by atoms with van der Waals surface area (Å²) in [7, 11) is 0. The lowest BCUT2D eigenvalue weighted by Gasteiger charge is -2.14. The second-order valence-electron chi connectivity index (χ2n) is 5.21. The van der Waals surface area contributed by atoms with Gasteiger partial charge in [0.05, 0.1) is 11.3 Å². The molecule has 1 aliphatic rings. The largest absolute Gasteiger partial charge is 0.351 e. The zero-order valence-corrected chi connectivity index (χ0v) is 11.7. The van der Waals surface area contributed by atoms with Crippen molar-refractivity contribution in [3.05, 3.63) is 29.8 Å². The molecular weight excluding hydrogens is 254 g/mol. The number of hydrogen-bond donors (Lipinski definition) is 3. The average Bonchev–Trinajstić information content (AvgIpc) is 3.29. The van der Waals surface area contributed by atoms with Crippen molar-refractivity contribution in [3.8, 4) is 0 Å². The molecule has 1 unspecified atom stereocenters. The van der Waals surface area contributed by atoms with Gasteiger partial charge in [0.1, 0.15) is 0 Å². The normalized spacial score (nSPS) is 15.5. The van der Waals surface area contributed by atoms with Crippen LogP contribution in [0.4, 0.5) is 5.69 Å². The lowest BCUT2D eigenvalue weighted by molar-refractivity contribution is -0.119. The number of para-hydroxylation sites is 1. The van der Waals surface area contributed by atoms with E-state index in [1.807, 2.05) is 6.92 Å². The Bertz CT molecular complexity index is 498. The van der Waals surface area contributed by atoms with Crippen LogP contribution < -0.4 is 16.4 Å². The highest BCUT2D eigenvalue weighted by molar-refractivity contribution is 6.04. The standard InChI is InChI=1S/C15H21N3O2/c1-10(11-6-7-11)14(19)18-13-5-3-2-4-12(13)15(20)17-9-8-16/h2-5,10-11H,6-9,16H2,1H3,(H,17,20)(H,18,19). The smallest absolute Gasteiger partial charge is 0.253 e. The Hall–Kier alpha value is -1.88. The zero-order chi connectivity index (χ0) is 14.5. The van der Waals surface area contributed by atoms with Crippen LogP contribution in [0.3, 0.4) is 0 Å². The lowest BCUT2D eigenvalue weighted by atomic mass is 10.0. The second-order valence-corrected chi connectivity index (χ2v) is 5.21. The first-order valence-corrected chi connectivity index (χ1v) is 7.01. The first-order chi connectivity index (χ1) is 9.63. The van der Waals surface area contributed by atoms with Crippen molar-refractivity contribution in [1.29, 1.82) is 0 Å². The molecule has 0 aromatic heterocycles. The molecule has 2 amide bonds. The van der Waals surface area contributed by atoms with Gasteiger partial charge in [-0.1, -0.05) is 19.1 Å². The van der Waals surface area contributed by atoms with Gasteiger partial charge in [0.2, 0.25) is 5.91 Å². The molecule has 1 aromatic rings. The molecule has 1 aliphatic carbocycles. The van der Waals surface area contributed by atoms with Crippen molar-refractivity contribution in [2.24, 2.45) is 17.6 Å². The zero-order valence-electron chi connectivity index (χ0n) is 11.7. The highest BCUT2D eigenvalue weighted by atomic mass is 16.2. The molecule has 0 spiro atoms. The van der Waals surface area contributed by atoms with E-state index < -0.39 is 0 Å². The average molecular weight is 275 g/mol. The number of amides is 2. The Morgan fingerprint density at radius 1 is 1.35 bits per heavy atom. The molecule has 0 bridgehead atoms. The first-order valence-electron chi connectivity index (χ1n) is 7.01. The predicted molar refractivity (Wildman–Crippen MR) is 78.3 cm³/mol. The Morgan fingerprint density at radius 2 is 2.05 bits per heavy atom. The minimum absolute atomic E-state index is 0.00448. The van der Waals surface area contributed by atoms with E-state index in [0.717, 1.165) is 12.8 Å². The van der Waals surface area contributed by atoms with Gasteiger partial charge in [0.15, 0.2) is 0 Å². The maximum atomic E-state index is 12.1. The molecule has 0 aliphatic heterocycles. The van der Waals surface area contributed by atoms with E-state index >= 15 is 0 Å². The molecule has 5 nitrogen and oxygen atoms in total. The molecule has 2 rings (SSSR count). The third-order valence-electron chi connectivity index (χ3n) is 3.60. The van der Waals surface area contributed by atoms with Crippen LogP contribution in [-0.2, 0) is 4.79 Å². The highest BCUT2D eigenvalue weighted by Crippen LogP contribution is 2.37. The van der Waals surface area contributed by atoms with Crippen LogP contribution in [0.1, 0.15) is 30.1 Å². The lowest BCUT2D eigenvalue weighted by Crippen LogP contribution is -2.30. The van der Waals surface area contributed by atoms with Gasteiger partial charge in [-0.15, -0.1) is 0 Å². The Balaban J connectivity index is 2.06. The third-order valence-corrected chi connectivity index (χ3v) is 3.60. The monoisotopic (exact) mass is 275 g/mol. The summed E-state index contributed by atoms with van der Waals surface area (Å²) in [6.07, 6.45) is 2.24. The molecular formula is C15H21N3O2. The van der Waals surface area contributed by atoms with Gasteiger partial charge in [-0.2, -0.15) is 0 Å². The predicted octanol–water partition coefficient (Wildman–Crippen LogP) is 1.36. The summed E-state index contributed by atoms with van der Waals surface area (Å²) in [5.41, 5.74) is 6.39. The van der Waals surface area contributed by atoms with Crippen molar-refractivity contribution in [2.45, 2.75) is 19.8 Å². The van der Waals surface area contributed by atoms with Crippen LogP contribution in [0, 0.1) is 11.8 Å². The molecule has 0 saturated heterocycles. The molecule has 108 valence electrons. The van der Waals surface area contributed by atoms with Gasteiger partial charge in [-0.25, -0.2) is 0 Å². The maximum absolute atomic E-state index is 12.1. The molecule has 1 aromatic carbocycles. The number of hydrogen-bond acceptors (Lipinski definition) is 3. The number of benzene rings is 1. The van der Waals surface area contributed by atoms with Crippen LogP contribution in [0.5, 0.6) is 0 Å². The van der Waals surface area contributed by atoms with Crippen molar-refractivity contribution in [2.75, 3.05) is 18.4 Å². The van der Waals surface area contributed by atoms with E-state index in [9.17, 15) is 9.59 Å². The van der Waals surface area contributed by atoms with Crippen molar-refractivity contribution in [3.63, 3.8) is 0 Å². The van der Waals surface area contributed by atoms with E-state index in [1.165, 1.54) is 0 Å². The summed E-state index contributed by atoms with van der Waals surface area (Å²) in [5, 5.41) is 5.57. The number of rotatable bonds is 6. The van der Waals surface area contributed by atoms with E-state index in [1.54, 1.807) is 24.3 Å².